The smallest absolute Gasteiger partial charge is 0.0774 e. The first kappa shape index (κ1) is 26.9. The second-order valence-corrected chi connectivity index (χ2v) is 12.1. The Morgan fingerprint density at radius 1 is 0.712 bits per heavy atom. The first-order valence-electron chi connectivity index (χ1n) is 20.0. The SMILES string of the molecule is [2H]C([2H])([2H])c1c[c-]c(-c2ccc(C([2H])([2H])[2H])cn2)cc1.[2H]c1ccc2c(-c3nc4ccccc4n3-c3c(-c4ccccc4)cc(C)cc3-c3ccccc3)[c-]oc2c1.[Ir]. The van der Waals surface area contributed by atoms with Gasteiger partial charge in [-0.2, -0.15) is 0 Å². The number of rotatable bonds is 5. The van der Waals surface area contributed by atoms with Gasteiger partial charge in [0.25, 0.3) is 0 Å². The molecule has 9 rings (SSSR count). The van der Waals surface area contributed by atoms with Crippen molar-refractivity contribution in [2.45, 2.75) is 20.6 Å². The molecule has 5 heteroatoms. The number of benzene rings is 6. The zero-order valence-corrected chi connectivity index (χ0v) is 30.4. The van der Waals surface area contributed by atoms with Crippen LogP contribution in [0.1, 0.15) is 26.3 Å². The first-order valence-corrected chi connectivity index (χ1v) is 16.5. The molecule has 3 aromatic heterocycles. The molecule has 0 aliphatic carbocycles. The standard InChI is InChI=1S/C34H23N2O.C13H12N.Ir/c1-23-20-27(24-12-4-2-5-13-24)33(28(21-23)25-14-6-3-7-15-25)36-31-18-10-9-17-30(31)35-34(36)29-22-37-32-19-11-8-16-26(29)32;1-10-3-6-12(7-4-10)13-8-5-11(2)9-14-13;/h2-21H,1H3;3-6,8-9H,1-2H3;/q2*-1;/i11D;1D3,2D3;. The number of imidazole rings is 1. The monoisotopic (exact) mass is 857 g/mol. The normalized spacial score (nSPS) is 13.3. The summed E-state index contributed by atoms with van der Waals surface area (Å²) >= 11 is 0. The molecule has 255 valence electrons. The number of hydrogen-bond acceptors (Lipinski definition) is 3. The van der Waals surface area contributed by atoms with Crippen molar-refractivity contribution < 1.29 is 34.1 Å². The fourth-order valence-corrected chi connectivity index (χ4v) is 6.29. The number of pyridine rings is 1. The van der Waals surface area contributed by atoms with Crippen molar-refractivity contribution >= 4 is 22.0 Å². The second-order valence-electron chi connectivity index (χ2n) is 12.1. The summed E-state index contributed by atoms with van der Waals surface area (Å²) < 4.78 is 59.7. The third kappa shape index (κ3) is 6.89. The molecule has 9 aromatic rings. The third-order valence-corrected chi connectivity index (χ3v) is 8.64. The van der Waals surface area contributed by atoms with Gasteiger partial charge in [0.15, 0.2) is 0 Å². The van der Waals surface area contributed by atoms with Crippen LogP contribution < -0.4 is 0 Å². The minimum Gasteiger partial charge on any atom is -0.557 e. The summed E-state index contributed by atoms with van der Waals surface area (Å²) in [6, 6.07) is 50.0. The van der Waals surface area contributed by atoms with Gasteiger partial charge in [-0.3, -0.25) is 4.98 Å². The van der Waals surface area contributed by atoms with Crippen molar-refractivity contribution in [1.82, 2.24) is 14.5 Å². The fourth-order valence-electron chi connectivity index (χ4n) is 6.29. The molecule has 0 fully saturated rings. The molecule has 1 radical (unpaired) electrons. The molecule has 6 aromatic carbocycles. The van der Waals surface area contributed by atoms with Crippen LogP contribution >= 0.6 is 0 Å². The van der Waals surface area contributed by atoms with E-state index in [4.69, 9.17) is 19.0 Å². The van der Waals surface area contributed by atoms with Crippen molar-refractivity contribution in [1.29, 1.82) is 0 Å². The van der Waals surface area contributed by atoms with Gasteiger partial charge in [0.2, 0.25) is 0 Å². The molecule has 0 N–H and O–H groups in total. The summed E-state index contributed by atoms with van der Waals surface area (Å²) in [6.45, 7) is -2.20. The maximum atomic E-state index is 8.03. The topological polar surface area (TPSA) is 43.9 Å². The molecule has 0 saturated carbocycles. The Morgan fingerprint density at radius 3 is 2.06 bits per heavy atom. The summed E-state index contributed by atoms with van der Waals surface area (Å²) in [5, 5.41) is 0.882. The Balaban J connectivity index is 0.000000214. The minimum atomic E-state index is -2.18. The van der Waals surface area contributed by atoms with Gasteiger partial charge in [-0.15, -0.1) is 41.5 Å². The van der Waals surface area contributed by atoms with Gasteiger partial charge in [0, 0.05) is 57.5 Å². The number of furan rings is 1. The van der Waals surface area contributed by atoms with E-state index in [9.17, 15) is 0 Å². The quantitative estimate of drug-likeness (QED) is 0.162. The van der Waals surface area contributed by atoms with Crippen LogP contribution in [0.25, 0.3) is 72.6 Å². The average molecular weight is 857 g/mol. The van der Waals surface area contributed by atoms with Crippen molar-refractivity contribution in [3.05, 3.63) is 187 Å². The van der Waals surface area contributed by atoms with E-state index >= 15 is 0 Å². The van der Waals surface area contributed by atoms with Crippen molar-refractivity contribution in [3.63, 3.8) is 0 Å². The molecule has 0 bridgehead atoms. The van der Waals surface area contributed by atoms with Gasteiger partial charge in [-0.25, -0.2) is 0 Å². The van der Waals surface area contributed by atoms with Gasteiger partial charge >= 0.3 is 0 Å². The number of para-hydroxylation sites is 3. The largest absolute Gasteiger partial charge is 0.557 e. The maximum Gasteiger partial charge on any atom is 0.0774 e. The van der Waals surface area contributed by atoms with E-state index in [1.807, 2.05) is 36.4 Å². The average Bonchev–Trinajstić information content (AvgIpc) is 3.82. The summed E-state index contributed by atoms with van der Waals surface area (Å²) in [7, 11) is 0. The summed E-state index contributed by atoms with van der Waals surface area (Å²) in [5.41, 5.74) is 11.6. The van der Waals surface area contributed by atoms with Crippen molar-refractivity contribution in [2.75, 3.05) is 0 Å². The number of fused-ring (bicyclic) bond motifs is 2. The maximum absolute atomic E-state index is 8.03. The molecular formula is C47H35IrN3O-2. The van der Waals surface area contributed by atoms with Crippen molar-refractivity contribution in [3.8, 4) is 50.6 Å². The molecule has 4 nitrogen and oxygen atoms in total. The summed E-state index contributed by atoms with van der Waals surface area (Å²) in [4.78, 5) is 9.20. The minimum absolute atomic E-state index is 0. The van der Waals surface area contributed by atoms with Gasteiger partial charge in [-0.05, 0) is 66.0 Å². The molecule has 0 atom stereocenters. The molecule has 3 heterocycles. The predicted octanol–water partition coefficient (Wildman–Crippen LogP) is 12.0. The number of nitrogens with zero attached hydrogens (tertiary/aromatic N) is 3. The Labute approximate surface area is 327 Å². The van der Waals surface area contributed by atoms with Crippen LogP contribution in [0.2, 0.25) is 0 Å². The molecule has 0 amide bonds. The van der Waals surface area contributed by atoms with Crippen LogP contribution in [0.4, 0.5) is 0 Å². The second kappa shape index (κ2) is 15.2. The fraction of sp³-hybridized carbons (Fsp3) is 0.0638. The summed E-state index contributed by atoms with van der Waals surface area (Å²) in [5.74, 6) is 0.751. The van der Waals surface area contributed by atoms with Gasteiger partial charge in [-0.1, -0.05) is 121 Å². The Bertz CT molecular complexity index is 2750. The van der Waals surface area contributed by atoms with E-state index in [1.165, 1.54) is 30.0 Å². The molecule has 0 saturated heterocycles. The van der Waals surface area contributed by atoms with Crippen LogP contribution in [-0.2, 0) is 20.1 Å². The van der Waals surface area contributed by atoms with Gasteiger partial charge in [0.1, 0.15) is 0 Å². The number of hydrogen-bond donors (Lipinski definition) is 0. The molecule has 0 unspecified atom stereocenters. The number of aromatic nitrogens is 3. The van der Waals surface area contributed by atoms with Gasteiger partial charge < -0.3 is 14.0 Å². The summed E-state index contributed by atoms with van der Waals surface area (Å²) in [6.07, 6.45) is 4.42. The Hall–Kier alpha value is -5.87. The Kier molecular flexibility index (Phi) is 7.84. The van der Waals surface area contributed by atoms with Crippen LogP contribution in [0.5, 0.6) is 0 Å². The van der Waals surface area contributed by atoms with Crippen LogP contribution in [0, 0.1) is 33.0 Å². The van der Waals surface area contributed by atoms with Crippen molar-refractivity contribution in [2.24, 2.45) is 0 Å². The van der Waals surface area contributed by atoms with E-state index < -0.39 is 13.7 Å². The zero-order chi connectivity index (χ0) is 40.6. The van der Waals surface area contributed by atoms with Crippen LogP contribution in [0.3, 0.4) is 0 Å². The van der Waals surface area contributed by atoms with E-state index in [2.05, 4.69) is 95.5 Å². The number of aryl methyl sites for hydroxylation is 3. The zero-order valence-electron chi connectivity index (χ0n) is 35.0. The van der Waals surface area contributed by atoms with E-state index in [1.54, 1.807) is 24.3 Å². The molecule has 52 heavy (non-hydrogen) atoms. The molecular weight excluding hydrogens is 815 g/mol. The predicted molar refractivity (Wildman–Crippen MR) is 209 cm³/mol. The third-order valence-electron chi connectivity index (χ3n) is 8.64. The Morgan fingerprint density at radius 2 is 1.40 bits per heavy atom. The van der Waals surface area contributed by atoms with E-state index in [-0.39, 0.29) is 31.2 Å². The molecule has 0 aliphatic rings. The van der Waals surface area contributed by atoms with E-state index in [0.717, 1.165) is 55.7 Å². The van der Waals surface area contributed by atoms with E-state index in [0.29, 0.717) is 22.9 Å². The molecule has 0 spiro atoms. The van der Waals surface area contributed by atoms with Crippen LogP contribution in [-0.4, -0.2) is 14.5 Å². The first-order chi connectivity index (χ1) is 27.8. The molecule has 0 aliphatic heterocycles. The van der Waals surface area contributed by atoms with Gasteiger partial charge in [0.05, 0.1) is 23.9 Å². The van der Waals surface area contributed by atoms with Crippen LogP contribution in [0.15, 0.2) is 162 Å².